The van der Waals surface area contributed by atoms with Gasteiger partial charge in [0.15, 0.2) is 0 Å². The van der Waals surface area contributed by atoms with Crippen LogP contribution in [0.15, 0.2) is 42.7 Å². The lowest BCUT2D eigenvalue weighted by Crippen LogP contribution is -1.91. The summed E-state index contributed by atoms with van der Waals surface area (Å²) in [4.78, 5) is 8.19. The van der Waals surface area contributed by atoms with Crippen molar-refractivity contribution in [2.75, 3.05) is 5.73 Å². The Hall–Kier alpha value is -1.90. The van der Waals surface area contributed by atoms with Crippen LogP contribution in [0.2, 0.25) is 0 Å². The van der Waals surface area contributed by atoms with Crippen LogP contribution < -0.4 is 5.73 Å². The Morgan fingerprint density at radius 2 is 2.00 bits per heavy atom. The number of pyridine rings is 2. The predicted octanol–water partition coefficient (Wildman–Crippen LogP) is 1.73. The van der Waals surface area contributed by atoms with Gasteiger partial charge in [0.05, 0.1) is 5.69 Å². The van der Waals surface area contributed by atoms with E-state index in [0.717, 1.165) is 11.3 Å². The van der Waals surface area contributed by atoms with E-state index in [9.17, 15) is 0 Å². The maximum Gasteiger partial charge on any atom is 0.124 e. The topological polar surface area (TPSA) is 51.8 Å². The largest absolute Gasteiger partial charge is 0.384 e. The summed E-state index contributed by atoms with van der Waals surface area (Å²) in [5.74, 6) is 0.529. The molecular formula is C10H9N3. The molecule has 2 rings (SSSR count). The van der Waals surface area contributed by atoms with Crippen molar-refractivity contribution in [3.8, 4) is 11.3 Å². The Labute approximate surface area is 76.3 Å². The van der Waals surface area contributed by atoms with Gasteiger partial charge in [0, 0.05) is 18.0 Å². The van der Waals surface area contributed by atoms with E-state index in [1.807, 2.05) is 24.3 Å². The Kier molecular flexibility index (Phi) is 1.92. The van der Waals surface area contributed by atoms with Crippen molar-refractivity contribution < 1.29 is 0 Å². The fourth-order valence-corrected chi connectivity index (χ4v) is 1.13. The van der Waals surface area contributed by atoms with Crippen LogP contribution >= 0.6 is 0 Å². The van der Waals surface area contributed by atoms with Crippen molar-refractivity contribution >= 4 is 5.82 Å². The first-order valence-corrected chi connectivity index (χ1v) is 3.99. The molecule has 0 aliphatic rings. The average molecular weight is 171 g/mol. The molecule has 3 heteroatoms. The first-order valence-electron chi connectivity index (χ1n) is 3.99. The smallest absolute Gasteiger partial charge is 0.124 e. The van der Waals surface area contributed by atoms with Crippen molar-refractivity contribution in [2.45, 2.75) is 0 Å². The zero-order chi connectivity index (χ0) is 9.10. The number of nitrogen functional groups attached to an aromatic ring is 1. The Bertz CT molecular complexity index is 398. The molecule has 0 atom stereocenters. The third kappa shape index (κ3) is 1.64. The summed E-state index contributed by atoms with van der Waals surface area (Å²) < 4.78 is 0. The van der Waals surface area contributed by atoms with Gasteiger partial charge in [-0.15, -0.1) is 0 Å². The van der Waals surface area contributed by atoms with Gasteiger partial charge < -0.3 is 5.73 Å². The number of nitrogens with two attached hydrogens (primary N) is 1. The number of hydrogen-bond donors (Lipinski definition) is 1. The highest BCUT2D eigenvalue weighted by Crippen LogP contribution is 2.15. The highest BCUT2D eigenvalue weighted by atomic mass is 14.8. The quantitative estimate of drug-likeness (QED) is 0.710. The molecule has 0 amide bonds. The van der Waals surface area contributed by atoms with Crippen LogP contribution in [0, 0.1) is 0 Å². The molecule has 0 radical (unpaired) electrons. The second-order valence-electron chi connectivity index (χ2n) is 2.69. The van der Waals surface area contributed by atoms with Crippen molar-refractivity contribution in [3.05, 3.63) is 42.7 Å². The summed E-state index contributed by atoms with van der Waals surface area (Å²) >= 11 is 0. The van der Waals surface area contributed by atoms with Gasteiger partial charge in [-0.2, -0.15) is 0 Å². The van der Waals surface area contributed by atoms with Crippen molar-refractivity contribution in [1.29, 1.82) is 0 Å². The maximum atomic E-state index is 5.56. The van der Waals surface area contributed by atoms with Gasteiger partial charge in [0.1, 0.15) is 5.82 Å². The van der Waals surface area contributed by atoms with E-state index in [1.54, 1.807) is 18.5 Å². The van der Waals surface area contributed by atoms with Crippen molar-refractivity contribution in [3.63, 3.8) is 0 Å². The monoisotopic (exact) mass is 171 g/mol. The van der Waals surface area contributed by atoms with Crippen LogP contribution in [0.3, 0.4) is 0 Å². The second-order valence-corrected chi connectivity index (χ2v) is 2.69. The van der Waals surface area contributed by atoms with Crippen LogP contribution in [0.4, 0.5) is 5.82 Å². The first kappa shape index (κ1) is 7.73. The van der Waals surface area contributed by atoms with E-state index in [4.69, 9.17) is 5.73 Å². The number of hydrogen-bond acceptors (Lipinski definition) is 3. The number of rotatable bonds is 1. The van der Waals surface area contributed by atoms with Crippen LogP contribution in [0.5, 0.6) is 0 Å². The van der Waals surface area contributed by atoms with E-state index in [1.165, 1.54) is 0 Å². The molecule has 64 valence electrons. The summed E-state index contributed by atoms with van der Waals surface area (Å²) in [6, 6.07) is 9.38. The van der Waals surface area contributed by atoms with Crippen molar-refractivity contribution in [1.82, 2.24) is 9.97 Å². The molecule has 2 aromatic heterocycles. The summed E-state index contributed by atoms with van der Waals surface area (Å²) in [7, 11) is 0. The number of aromatic nitrogens is 2. The molecule has 0 saturated heterocycles. The van der Waals surface area contributed by atoms with Gasteiger partial charge in [0.2, 0.25) is 0 Å². The Morgan fingerprint density at radius 3 is 2.69 bits per heavy atom. The van der Waals surface area contributed by atoms with Crippen molar-refractivity contribution in [2.24, 2.45) is 0 Å². The fraction of sp³-hybridized carbons (Fsp3) is 0. The normalized spacial score (nSPS) is 9.85. The van der Waals surface area contributed by atoms with Crippen LogP contribution in [0.1, 0.15) is 0 Å². The van der Waals surface area contributed by atoms with Gasteiger partial charge in [-0.1, -0.05) is 6.07 Å². The van der Waals surface area contributed by atoms with Gasteiger partial charge in [-0.3, -0.25) is 4.98 Å². The molecule has 0 unspecified atom stereocenters. The van der Waals surface area contributed by atoms with E-state index in [-0.39, 0.29) is 0 Å². The van der Waals surface area contributed by atoms with E-state index >= 15 is 0 Å². The van der Waals surface area contributed by atoms with E-state index < -0.39 is 0 Å². The Balaban J connectivity index is 2.48. The predicted molar refractivity (Wildman–Crippen MR) is 51.9 cm³/mol. The van der Waals surface area contributed by atoms with Gasteiger partial charge >= 0.3 is 0 Å². The number of nitrogens with zero attached hydrogens (tertiary/aromatic N) is 2. The molecule has 0 fully saturated rings. The second kappa shape index (κ2) is 3.23. The third-order valence-corrected chi connectivity index (χ3v) is 1.73. The summed E-state index contributed by atoms with van der Waals surface area (Å²) in [5, 5.41) is 0. The standard InChI is InChI=1S/C10H9N3/c11-10-5-1-4-9(13-10)8-3-2-6-12-7-8/h1-7H,(H2,11,13). The van der Waals surface area contributed by atoms with Gasteiger partial charge in [-0.05, 0) is 24.3 Å². The van der Waals surface area contributed by atoms with Crippen LogP contribution in [-0.2, 0) is 0 Å². The maximum absolute atomic E-state index is 5.56. The summed E-state index contributed by atoms with van der Waals surface area (Å²) in [6.45, 7) is 0. The van der Waals surface area contributed by atoms with Gasteiger partial charge in [-0.25, -0.2) is 4.98 Å². The lowest BCUT2D eigenvalue weighted by molar-refractivity contribution is 1.28. The van der Waals surface area contributed by atoms with Gasteiger partial charge in [0.25, 0.3) is 0 Å². The SMILES string of the molecule is Nc1cccc(-c2cccnc2)n1. The molecular weight excluding hydrogens is 162 g/mol. The molecule has 13 heavy (non-hydrogen) atoms. The van der Waals surface area contributed by atoms with E-state index in [2.05, 4.69) is 9.97 Å². The molecule has 0 aliphatic heterocycles. The molecule has 0 aromatic carbocycles. The van der Waals surface area contributed by atoms with E-state index in [0.29, 0.717) is 5.82 Å². The highest BCUT2D eigenvalue weighted by Gasteiger charge is 1.97. The minimum Gasteiger partial charge on any atom is -0.384 e. The molecule has 0 spiro atoms. The Morgan fingerprint density at radius 1 is 1.08 bits per heavy atom. The molecule has 2 aromatic rings. The third-order valence-electron chi connectivity index (χ3n) is 1.73. The molecule has 0 saturated carbocycles. The number of anilines is 1. The zero-order valence-electron chi connectivity index (χ0n) is 7.01. The zero-order valence-corrected chi connectivity index (χ0v) is 7.01. The minimum absolute atomic E-state index is 0.529. The molecule has 0 aliphatic carbocycles. The molecule has 2 heterocycles. The van der Waals surface area contributed by atoms with Crippen LogP contribution in [-0.4, -0.2) is 9.97 Å². The lowest BCUT2D eigenvalue weighted by Gasteiger charge is -1.99. The molecule has 2 N–H and O–H groups in total. The molecule has 3 nitrogen and oxygen atoms in total. The fourth-order valence-electron chi connectivity index (χ4n) is 1.13. The average Bonchev–Trinajstić information content (AvgIpc) is 2.19. The van der Waals surface area contributed by atoms with Crippen LogP contribution in [0.25, 0.3) is 11.3 Å². The summed E-state index contributed by atoms with van der Waals surface area (Å²) in [5.41, 5.74) is 7.40. The highest BCUT2D eigenvalue weighted by molar-refractivity contribution is 5.59. The summed E-state index contributed by atoms with van der Waals surface area (Å²) in [6.07, 6.45) is 3.50. The lowest BCUT2D eigenvalue weighted by atomic mass is 10.2. The minimum atomic E-state index is 0.529. The first-order chi connectivity index (χ1) is 6.36. The molecule has 0 bridgehead atoms.